The lowest BCUT2D eigenvalue weighted by Gasteiger charge is -2.41. The van der Waals surface area contributed by atoms with Crippen molar-refractivity contribution in [1.82, 2.24) is 9.97 Å². The molecule has 350 valence electrons. The Labute approximate surface area is 399 Å². The summed E-state index contributed by atoms with van der Waals surface area (Å²) < 4.78 is 12.4. The minimum Gasteiger partial charge on any atom is -0.488 e. The second-order valence-electron chi connectivity index (χ2n) is 19.6. The first-order valence-corrected chi connectivity index (χ1v) is 24.7. The Morgan fingerprint density at radius 3 is 2.21 bits per heavy atom. The SMILES string of the molecule is CC1CC2CC(C1)CC(OO[C@@H]1CCCC(OC(=O)Nc3ccc(COc4cc5c(c6ccccc46)C(CCl)CN5C(=O)c4cc5cc(NC(=O)c6cc7ccccc7[nH]6)ccc5[nH]4)cc3)C1)C2. The summed E-state index contributed by atoms with van der Waals surface area (Å²) >= 11 is 6.62. The van der Waals surface area contributed by atoms with Gasteiger partial charge in [0, 0.05) is 69.4 Å². The van der Waals surface area contributed by atoms with Gasteiger partial charge in [0.25, 0.3) is 11.8 Å². The molecule has 68 heavy (non-hydrogen) atoms. The standard InChI is InChI=1S/C55H56ClN5O7/c1-32-19-34-21-35(20-32)23-43(22-34)68-67-42-9-6-8-41(27-42)66-55(64)58-39-15-13-33(14-16-39)31-65-51-28-50-52(45-11-4-3-10-44(45)51)38(29-56)30-61(50)54(63)49-26-37-24-40(17-18-47(37)60-49)57-53(62)48-25-36-7-2-5-12-46(36)59-48/h2-5,7,10-18,24-26,28,32,34-35,38,41-43,59-60H,6,8-9,19-23,27,29-31H2,1H3,(H,57,62)(H,58,64)/t32?,34?,35?,38?,41?,42-,43?/m1/s1. The first-order valence-electron chi connectivity index (χ1n) is 24.2. The largest absolute Gasteiger partial charge is 0.488 e. The molecule has 2 bridgehead atoms. The molecule has 5 atom stereocenters. The molecule has 3 amide bonds. The van der Waals surface area contributed by atoms with Crippen LogP contribution in [0.1, 0.15) is 103 Å². The van der Waals surface area contributed by atoms with E-state index >= 15 is 0 Å². The Bertz CT molecular complexity index is 2950. The quantitative estimate of drug-likeness (QED) is 0.0542. The number of carbonyl (C=O) groups is 3. The third kappa shape index (κ3) is 9.29. The number of para-hydroxylation sites is 1. The van der Waals surface area contributed by atoms with Gasteiger partial charge in [-0.05, 0) is 134 Å². The molecule has 12 nitrogen and oxygen atoms in total. The van der Waals surface area contributed by atoms with Crippen molar-refractivity contribution in [3.63, 3.8) is 0 Å². The van der Waals surface area contributed by atoms with Gasteiger partial charge >= 0.3 is 6.09 Å². The summed E-state index contributed by atoms with van der Waals surface area (Å²) in [6.45, 7) is 3.04. The van der Waals surface area contributed by atoms with Gasteiger partial charge in [0.05, 0.1) is 17.9 Å². The Hall–Kier alpha value is -6.34. The fraction of sp³-hybridized carbons (Fsp3) is 0.364. The van der Waals surface area contributed by atoms with E-state index in [1.807, 2.05) is 103 Å². The van der Waals surface area contributed by atoms with Crippen molar-refractivity contribution >= 4 is 79.1 Å². The van der Waals surface area contributed by atoms with Crippen LogP contribution in [0.15, 0.2) is 109 Å². The van der Waals surface area contributed by atoms with Gasteiger partial charge in [-0.1, -0.05) is 61.5 Å². The average molecular weight is 935 g/mol. The van der Waals surface area contributed by atoms with Crippen molar-refractivity contribution < 1.29 is 33.6 Å². The summed E-state index contributed by atoms with van der Waals surface area (Å²) in [7, 11) is 0. The van der Waals surface area contributed by atoms with E-state index in [4.69, 9.17) is 30.8 Å². The lowest BCUT2D eigenvalue weighted by molar-refractivity contribution is -0.364. The van der Waals surface area contributed by atoms with Crippen molar-refractivity contribution in [3.05, 3.63) is 132 Å². The highest BCUT2D eigenvalue weighted by molar-refractivity contribution is 6.19. The number of ether oxygens (including phenoxy) is 2. The van der Waals surface area contributed by atoms with Gasteiger partial charge in [-0.3, -0.25) is 14.9 Å². The van der Waals surface area contributed by atoms with Crippen molar-refractivity contribution in [2.24, 2.45) is 17.8 Å². The minimum atomic E-state index is -0.489. The van der Waals surface area contributed by atoms with Crippen LogP contribution in [0.2, 0.25) is 0 Å². The number of hydrogen-bond donors (Lipinski definition) is 4. The normalized spacial score (nSPS) is 23.4. The molecule has 3 fully saturated rings. The molecular weight excluding hydrogens is 878 g/mol. The maximum Gasteiger partial charge on any atom is 0.411 e. The molecular formula is C55H56ClN5O7. The molecule has 4 unspecified atom stereocenters. The Kier molecular flexibility index (Phi) is 12.3. The highest BCUT2D eigenvalue weighted by Crippen LogP contribution is 2.47. The number of rotatable bonds is 12. The van der Waals surface area contributed by atoms with Crippen molar-refractivity contribution in [2.75, 3.05) is 28.0 Å². The number of anilines is 3. The number of halogens is 1. The van der Waals surface area contributed by atoms with E-state index in [1.165, 1.54) is 19.3 Å². The number of benzene rings is 5. The number of nitrogens with one attached hydrogen (secondary N) is 4. The molecule has 0 spiro atoms. The fourth-order valence-electron chi connectivity index (χ4n) is 11.5. The predicted molar refractivity (Wildman–Crippen MR) is 266 cm³/mol. The molecule has 3 heterocycles. The smallest absolute Gasteiger partial charge is 0.411 e. The molecule has 11 rings (SSSR count). The highest BCUT2D eigenvalue weighted by atomic mass is 35.5. The second kappa shape index (κ2) is 19.0. The maximum atomic E-state index is 14.4. The lowest BCUT2D eigenvalue weighted by atomic mass is 9.68. The molecule has 7 aromatic rings. The van der Waals surface area contributed by atoms with Gasteiger partial charge in [-0.15, -0.1) is 11.6 Å². The van der Waals surface area contributed by atoms with Crippen molar-refractivity contribution in [2.45, 2.75) is 95.5 Å². The summed E-state index contributed by atoms with van der Waals surface area (Å²) in [4.78, 5) is 60.9. The van der Waals surface area contributed by atoms with Crippen LogP contribution in [0.3, 0.4) is 0 Å². The van der Waals surface area contributed by atoms with Crippen LogP contribution in [0.4, 0.5) is 21.9 Å². The van der Waals surface area contributed by atoms with Gasteiger partial charge in [0.2, 0.25) is 0 Å². The zero-order chi connectivity index (χ0) is 46.3. The Morgan fingerprint density at radius 2 is 1.40 bits per heavy atom. The third-order valence-corrected chi connectivity index (χ3v) is 14.9. The van der Waals surface area contributed by atoms with Crippen LogP contribution in [-0.2, 0) is 21.1 Å². The molecule has 4 aliphatic rings. The second-order valence-corrected chi connectivity index (χ2v) is 19.9. The number of aromatic amines is 2. The predicted octanol–water partition coefficient (Wildman–Crippen LogP) is 12.6. The van der Waals surface area contributed by atoms with Crippen LogP contribution in [0, 0.1) is 17.8 Å². The van der Waals surface area contributed by atoms with Crippen LogP contribution >= 0.6 is 11.6 Å². The van der Waals surface area contributed by atoms with E-state index in [2.05, 4.69) is 33.6 Å². The van der Waals surface area contributed by atoms with Crippen LogP contribution < -0.4 is 20.3 Å². The van der Waals surface area contributed by atoms with E-state index in [1.54, 1.807) is 4.90 Å². The number of fused-ring (bicyclic) bond motifs is 7. The van der Waals surface area contributed by atoms with Crippen LogP contribution in [-0.4, -0.2) is 58.6 Å². The molecule has 0 radical (unpaired) electrons. The topological polar surface area (TPSA) is 147 Å². The summed E-state index contributed by atoms with van der Waals surface area (Å²) in [6.07, 6.45) is 8.68. The zero-order valence-electron chi connectivity index (χ0n) is 38.1. The fourth-order valence-corrected chi connectivity index (χ4v) is 11.8. The van der Waals surface area contributed by atoms with Crippen LogP contribution in [0.25, 0.3) is 32.6 Å². The summed E-state index contributed by atoms with van der Waals surface area (Å²) in [6, 6.07) is 34.4. The maximum absolute atomic E-state index is 14.4. The van der Waals surface area contributed by atoms with Gasteiger partial charge in [-0.2, -0.15) is 0 Å². The molecule has 0 saturated heterocycles. The van der Waals surface area contributed by atoms with Gasteiger partial charge in [-0.25, -0.2) is 14.6 Å². The lowest BCUT2D eigenvalue weighted by Crippen LogP contribution is -2.36. The molecule has 4 N–H and O–H groups in total. The molecule has 13 heteroatoms. The number of amides is 3. The van der Waals surface area contributed by atoms with Gasteiger partial charge in [0.15, 0.2) is 0 Å². The number of H-pyrrole nitrogens is 2. The monoisotopic (exact) mass is 933 g/mol. The van der Waals surface area contributed by atoms with E-state index in [0.29, 0.717) is 47.4 Å². The van der Waals surface area contributed by atoms with E-state index in [-0.39, 0.29) is 42.7 Å². The van der Waals surface area contributed by atoms with E-state index in [9.17, 15) is 14.4 Å². The molecule has 1 aliphatic heterocycles. The highest BCUT2D eigenvalue weighted by Gasteiger charge is 2.38. The number of alkyl halides is 1. The first-order chi connectivity index (χ1) is 33.2. The van der Waals surface area contributed by atoms with E-state index in [0.717, 1.165) is 99.3 Å². The summed E-state index contributed by atoms with van der Waals surface area (Å²) in [5, 5.41) is 9.53. The van der Waals surface area contributed by atoms with Crippen molar-refractivity contribution in [3.8, 4) is 5.75 Å². The summed E-state index contributed by atoms with van der Waals surface area (Å²) in [5.41, 5.74) is 6.43. The molecule has 3 saturated carbocycles. The van der Waals surface area contributed by atoms with Crippen LogP contribution in [0.5, 0.6) is 5.75 Å². The molecule has 2 aromatic heterocycles. The third-order valence-electron chi connectivity index (χ3n) is 14.5. The van der Waals surface area contributed by atoms with Gasteiger partial charge < -0.3 is 29.7 Å². The Morgan fingerprint density at radius 1 is 0.691 bits per heavy atom. The number of aromatic nitrogens is 2. The number of hydrogen-bond acceptors (Lipinski definition) is 7. The molecule has 3 aliphatic carbocycles. The average Bonchev–Trinajstić information content (AvgIpc) is 4.08. The minimum absolute atomic E-state index is 0.0795. The molecule has 5 aromatic carbocycles. The Balaban J connectivity index is 0.724. The number of nitrogens with zero attached hydrogens (tertiary/aromatic N) is 1. The zero-order valence-corrected chi connectivity index (χ0v) is 38.9. The van der Waals surface area contributed by atoms with Gasteiger partial charge in [0.1, 0.15) is 29.8 Å². The summed E-state index contributed by atoms with van der Waals surface area (Å²) in [5.74, 6) is 2.75. The van der Waals surface area contributed by atoms with Crippen molar-refractivity contribution in [1.29, 1.82) is 0 Å². The first kappa shape index (κ1) is 44.2. The van der Waals surface area contributed by atoms with E-state index < -0.39 is 6.09 Å². The number of carbonyl (C=O) groups excluding carboxylic acids is 3.